The highest BCUT2D eigenvalue weighted by atomic mass is 15.0. The van der Waals surface area contributed by atoms with Crippen LogP contribution in [0.15, 0.2) is 164 Å². The molecule has 2 heterocycles. The Balaban J connectivity index is 1.34. The lowest BCUT2D eigenvalue weighted by Gasteiger charge is -2.10. The van der Waals surface area contributed by atoms with Gasteiger partial charge in [0.25, 0.3) is 0 Å². The van der Waals surface area contributed by atoms with Gasteiger partial charge in [0.1, 0.15) is 0 Å². The highest BCUT2D eigenvalue weighted by molar-refractivity contribution is 6.14. The quantitative estimate of drug-likeness (QED) is 0.214. The van der Waals surface area contributed by atoms with Gasteiger partial charge in [-0.15, -0.1) is 0 Å². The first-order valence-corrected chi connectivity index (χ1v) is 14.5. The van der Waals surface area contributed by atoms with E-state index in [0.29, 0.717) is 5.82 Å². The number of hydrogen-bond donors (Lipinski definition) is 0. The van der Waals surface area contributed by atoms with Crippen LogP contribution in [0.2, 0.25) is 0 Å². The Morgan fingerprint density at radius 2 is 1.05 bits per heavy atom. The molecule has 0 aliphatic heterocycles. The second-order valence-corrected chi connectivity index (χ2v) is 10.7. The summed E-state index contributed by atoms with van der Waals surface area (Å²) < 4.78 is 2.30. The summed E-state index contributed by atoms with van der Waals surface area (Å²) in [7, 11) is 0. The number of fused-ring (bicyclic) bond motifs is 3. The summed E-state index contributed by atoms with van der Waals surface area (Å²) in [4.78, 5) is 10.1. The monoisotopic (exact) mass is 549 g/mol. The molecule has 0 N–H and O–H groups in total. The maximum atomic E-state index is 5.08. The minimum absolute atomic E-state index is 0.717. The standard InChI is InChI=1S/C40H27N3/c1-4-14-29(15-5-1)36-26-37(42-40(41-36)30-16-6-2-7-17-30)32-19-12-18-31(25-32)35-27-43(33-20-8-3-9-21-33)38-24-23-28-13-10-11-22-34(28)39(35)38/h1-27H. The van der Waals surface area contributed by atoms with Crippen molar-refractivity contribution in [3.8, 4) is 50.7 Å². The van der Waals surface area contributed by atoms with Crippen molar-refractivity contribution >= 4 is 21.7 Å². The average molecular weight is 550 g/mol. The van der Waals surface area contributed by atoms with Gasteiger partial charge in [0.05, 0.1) is 16.9 Å². The van der Waals surface area contributed by atoms with Gasteiger partial charge in [-0.1, -0.05) is 127 Å². The normalized spacial score (nSPS) is 11.3. The Labute approximate surface area is 250 Å². The summed E-state index contributed by atoms with van der Waals surface area (Å²) in [5, 5.41) is 3.72. The van der Waals surface area contributed by atoms with E-state index in [1.54, 1.807) is 0 Å². The van der Waals surface area contributed by atoms with Crippen molar-refractivity contribution in [2.45, 2.75) is 0 Å². The predicted octanol–water partition coefficient (Wildman–Crippen LogP) is 10.2. The van der Waals surface area contributed by atoms with Crippen molar-refractivity contribution in [1.82, 2.24) is 14.5 Å². The number of aromatic nitrogens is 3. The van der Waals surface area contributed by atoms with E-state index < -0.39 is 0 Å². The zero-order valence-corrected chi connectivity index (χ0v) is 23.4. The van der Waals surface area contributed by atoms with Crippen molar-refractivity contribution in [1.29, 1.82) is 0 Å². The predicted molar refractivity (Wildman–Crippen MR) is 178 cm³/mol. The van der Waals surface area contributed by atoms with E-state index in [4.69, 9.17) is 9.97 Å². The molecular formula is C40H27N3. The molecule has 0 spiro atoms. The lowest BCUT2D eigenvalue weighted by Crippen LogP contribution is -1.96. The molecule has 0 aliphatic carbocycles. The summed E-state index contributed by atoms with van der Waals surface area (Å²) in [6.07, 6.45) is 2.27. The molecule has 6 aromatic carbocycles. The lowest BCUT2D eigenvalue weighted by molar-refractivity contribution is 1.13. The molecule has 8 aromatic rings. The largest absolute Gasteiger partial charge is 0.316 e. The summed E-state index contributed by atoms with van der Waals surface area (Å²) in [5.74, 6) is 0.717. The smallest absolute Gasteiger partial charge is 0.160 e. The Morgan fingerprint density at radius 1 is 0.442 bits per heavy atom. The van der Waals surface area contributed by atoms with Gasteiger partial charge in [-0.2, -0.15) is 0 Å². The molecule has 0 saturated heterocycles. The fraction of sp³-hybridized carbons (Fsp3) is 0. The van der Waals surface area contributed by atoms with Crippen LogP contribution < -0.4 is 0 Å². The van der Waals surface area contributed by atoms with Crippen molar-refractivity contribution in [3.63, 3.8) is 0 Å². The van der Waals surface area contributed by atoms with E-state index in [1.807, 2.05) is 36.4 Å². The Hall–Kier alpha value is -5.80. The summed E-state index contributed by atoms with van der Waals surface area (Å²) in [5.41, 5.74) is 9.58. The minimum Gasteiger partial charge on any atom is -0.316 e. The molecule has 3 nitrogen and oxygen atoms in total. The first kappa shape index (κ1) is 25.0. The van der Waals surface area contributed by atoms with Gasteiger partial charge < -0.3 is 4.57 Å². The molecule has 202 valence electrons. The summed E-state index contributed by atoms with van der Waals surface area (Å²) in [6.45, 7) is 0. The molecule has 0 aliphatic rings. The first-order chi connectivity index (χ1) is 21.3. The van der Waals surface area contributed by atoms with E-state index >= 15 is 0 Å². The van der Waals surface area contributed by atoms with Crippen LogP contribution in [-0.2, 0) is 0 Å². The molecule has 0 saturated carbocycles. The molecule has 0 amide bonds. The van der Waals surface area contributed by atoms with Crippen LogP contribution in [0.3, 0.4) is 0 Å². The van der Waals surface area contributed by atoms with E-state index in [-0.39, 0.29) is 0 Å². The zero-order valence-electron chi connectivity index (χ0n) is 23.4. The number of benzene rings is 6. The van der Waals surface area contributed by atoms with Gasteiger partial charge in [0.2, 0.25) is 0 Å². The topological polar surface area (TPSA) is 30.7 Å². The molecule has 3 heteroatoms. The highest BCUT2D eigenvalue weighted by Crippen LogP contribution is 2.39. The first-order valence-electron chi connectivity index (χ1n) is 14.5. The second kappa shape index (κ2) is 10.6. The van der Waals surface area contributed by atoms with Crippen LogP contribution in [0.5, 0.6) is 0 Å². The van der Waals surface area contributed by atoms with Crippen molar-refractivity contribution in [2.24, 2.45) is 0 Å². The molecule has 0 bridgehead atoms. The summed E-state index contributed by atoms with van der Waals surface area (Å²) in [6, 6.07) is 55.0. The van der Waals surface area contributed by atoms with E-state index in [1.165, 1.54) is 27.2 Å². The van der Waals surface area contributed by atoms with Crippen LogP contribution in [0.1, 0.15) is 0 Å². The maximum absolute atomic E-state index is 5.08. The van der Waals surface area contributed by atoms with Gasteiger partial charge in [-0.25, -0.2) is 9.97 Å². The Kier molecular flexibility index (Phi) is 6.12. The maximum Gasteiger partial charge on any atom is 0.160 e. The van der Waals surface area contributed by atoms with Crippen molar-refractivity contribution in [3.05, 3.63) is 164 Å². The van der Waals surface area contributed by atoms with Gasteiger partial charge >= 0.3 is 0 Å². The molecule has 2 aromatic heterocycles. The summed E-state index contributed by atoms with van der Waals surface area (Å²) >= 11 is 0. The molecule has 0 radical (unpaired) electrons. The molecule has 43 heavy (non-hydrogen) atoms. The van der Waals surface area contributed by atoms with Crippen LogP contribution in [-0.4, -0.2) is 14.5 Å². The van der Waals surface area contributed by atoms with Gasteiger partial charge in [-0.3, -0.25) is 0 Å². The third kappa shape index (κ3) is 4.58. The van der Waals surface area contributed by atoms with Gasteiger partial charge in [0.15, 0.2) is 5.82 Å². The lowest BCUT2D eigenvalue weighted by atomic mass is 9.97. The fourth-order valence-corrected chi connectivity index (χ4v) is 5.94. The number of para-hydroxylation sites is 1. The second-order valence-electron chi connectivity index (χ2n) is 10.7. The van der Waals surface area contributed by atoms with Crippen LogP contribution in [0.4, 0.5) is 0 Å². The van der Waals surface area contributed by atoms with Crippen molar-refractivity contribution in [2.75, 3.05) is 0 Å². The van der Waals surface area contributed by atoms with Gasteiger partial charge in [0, 0.05) is 39.5 Å². The van der Waals surface area contributed by atoms with E-state index in [2.05, 4.69) is 132 Å². The highest BCUT2D eigenvalue weighted by Gasteiger charge is 2.16. The third-order valence-corrected chi connectivity index (χ3v) is 8.03. The SMILES string of the molecule is c1ccc(-c2cc(-c3cccc(-c4cn(-c5ccccc5)c5ccc6ccccc6c45)c3)nc(-c3ccccc3)n2)cc1. The number of nitrogens with zero attached hydrogens (tertiary/aromatic N) is 3. The molecule has 8 rings (SSSR count). The Morgan fingerprint density at radius 3 is 1.81 bits per heavy atom. The Bertz CT molecular complexity index is 2160. The molecule has 0 fully saturated rings. The zero-order chi connectivity index (χ0) is 28.6. The fourth-order valence-electron chi connectivity index (χ4n) is 5.94. The van der Waals surface area contributed by atoms with Crippen LogP contribution in [0, 0.1) is 0 Å². The third-order valence-electron chi connectivity index (χ3n) is 8.03. The van der Waals surface area contributed by atoms with E-state index in [9.17, 15) is 0 Å². The van der Waals surface area contributed by atoms with Crippen LogP contribution in [0.25, 0.3) is 72.4 Å². The van der Waals surface area contributed by atoms with Gasteiger partial charge in [-0.05, 0) is 46.7 Å². The molecule has 0 atom stereocenters. The molecular weight excluding hydrogens is 522 g/mol. The number of hydrogen-bond acceptors (Lipinski definition) is 2. The average Bonchev–Trinajstić information content (AvgIpc) is 3.50. The molecule has 0 unspecified atom stereocenters. The number of rotatable bonds is 5. The minimum atomic E-state index is 0.717. The van der Waals surface area contributed by atoms with Crippen LogP contribution >= 0.6 is 0 Å². The van der Waals surface area contributed by atoms with E-state index in [0.717, 1.165) is 39.3 Å². The van der Waals surface area contributed by atoms with Crippen molar-refractivity contribution < 1.29 is 0 Å².